The van der Waals surface area contributed by atoms with E-state index in [1.54, 1.807) is 0 Å². The van der Waals surface area contributed by atoms with Gasteiger partial charge in [-0.2, -0.15) is 0 Å². The van der Waals surface area contributed by atoms with Gasteiger partial charge in [0.25, 0.3) is 0 Å². The molecule has 0 saturated carbocycles. The normalized spacial score (nSPS) is 25.0. The number of amides is 1. The molecule has 126 valence electrons. The Morgan fingerprint density at radius 3 is 2.87 bits per heavy atom. The first-order valence-electron chi connectivity index (χ1n) is 9.28. The lowest BCUT2D eigenvalue weighted by Crippen LogP contribution is -2.46. The van der Waals surface area contributed by atoms with E-state index in [0.717, 1.165) is 25.8 Å². The Morgan fingerprint density at radius 2 is 2.04 bits per heavy atom. The van der Waals surface area contributed by atoms with Crippen LogP contribution in [-0.2, 0) is 11.2 Å². The zero-order valence-corrected chi connectivity index (χ0v) is 14.6. The maximum Gasteiger partial charge on any atom is 0.237 e. The average molecular weight is 314 g/mol. The molecular formula is C20H30N2O. The number of hydrogen-bond acceptors (Lipinski definition) is 2. The van der Waals surface area contributed by atoms with Gasteiger partial charge in [-0.05, 0) is 56.2 Å². The third-order valence-electron chi connectivity index (χ3n) is 5.76. The van der Waals surface area contributed by atoms with E-state index in [4.69, 9.17) is 0 Å². The van der Waals surface area contributed by atoms with Crippen molar-refractivity contribution in [3.63, 3.8) is 0 Å². The minimum Gasteiger partial charge on any atom is -0.338 e. The summed E-state index contributed by atoms with van der Waals surface area (Å²) in [6.45, 7) is 3.92. The summed E-state index contributed by atoms with van der Waals surface area (Å²) in [6, 6.07) is 9.50. The van der Waals surface area contributed by atoms with Crippen molar-refractivity contribution in [1.29, 1.82) is 0 Å². The molecule has 23 heavy (non-hydrogen) atoms. The van der Waals surface area contributed by atoms with E-state index in [0.29, 0.717) is 12.6 Å². The Balaban J connectivity index is 1.68. The van der Waals surface area contributed by atoms with E-state index >= 15 is 0 Å². The van der Waals surface area contributed by atoms with Crippen molar-refractivity contribution >= 4 is 5.91 Å². The lowest BCUT2D eigenvalue weighted by molar-refractivity contribution is -0.134. The molecular weight excluding hydrogens is 284 g/mol. The van der Waals surface area contributed by atoms with Gasteiger partial charge >= 0.3 is 0 Å². The number of rotatable bonds is 4. The van der Waals surface area contributed by atoms with Gasteiger partial charge in [0.15, 0.2) is 0 Å². The lowest BCUT2D eigenvalue weighted by atomic mass is 9.87. The second kappa shape index (κ2) is 7.48. The minimum absolute atomic E-state index is 0.261. The highest BCUT2D eigenvalue weighted by molar-refractivity contribution is 5.78. The zero-order chi connectivity index (χ0) is 16.2. The van der Waals surface area contributed by atoms with Crippen LogP contribution >= 0.6 is 0 Å². The zero-order valence-electron chi connectivity index (χ0n) is 14.6. The molecule has 0 bridgehead atoms. The van der Waals surface area contributed by atoms with Crippen molar-refractivity contribution in [2.45, 2.75) is 64.0 Å². The third kappa shape index (κ3) is 3.60. The molecule has 0 spiro atoms. The Hall–Kier alpha value is -1.35. The fraction of sp³-hybridized carbons (Fsp3) is 0.650. The van der Waals surface area contributed by atoms with Gasteiger partial charge in [0.05, 0.1) is 12.6 Å². The standard InChI is InChI=1S/C20H30N2O/c1-3-17-11-6-7-14-22(17)15-20(23)21(2)19-13-8-10-16-9-4-5-12-18(16)19/h4-5,9,12,17,19H,3,6-8,10-11,13-15H2,1-2H3. The van der Waals surface area contributed by atoms with Gasteiger partial charge < -0.3 is 4.90 Å². The molecule has 1 aromatic carbocycles. The van der Waals surface area contributed by atoms with Crippen LogP contribution in [0.4, 0.5) is 0 Å². The molecule has 1 aromatic rings. The van der Waals surface area contributed by atoms with Gasteiger partial charge in [0.1, 0.15) is 0 Å². The maximum atomic E-state index is 12.9. The molecule has 1 amide bonds. The highest BCUT2D eigenvalue weighted by Gasteiger charge is 2.29. The van der Waals surface area contributed by atoms with Gasteiger partial charge in [-0.1, -0.05) is 37.6 Å². The Bertz CT molecular complexity index is 542. The second-order valence-corrected chi connectivity index (χ2v) is 7.14. The predicted molar refractivity (Wildman–Crippen MR) is 94.4 cm³/mol. The molecule has 2 unspecified atom stereocenters. The van der Waals surface area contributed by atoms with Crippen LogP contribution in [0, 0.1) is 0 Å². The minimum atomic E-state index is 0.261. The van der Waals surface area contributed by atoms with Crippen LogP contribution in [0.1, 0.15) is 62.6 Å². The number of likely N-dealkylation sites (tertiary alicyclic amines) is 1. The Labute approximate surface area is 140 Å². The molecule has 0 radical (unpaired) electrons. The van der Waals surface area contributed by atoms with E-state index in [1.165, 1.54) is 36.8 Å². The molecule has 0 aromatic heterocycles. The highest BCUT2D eigenvalue weighted by atomic mass is 16.2. The summed E-state index contributed by atoms with van der Waals surface area (Å²) in [6.07, 6.45) is 8.38. The Morgan fingerprint density at radius 1 is 1.22 bits per heavy atom. The van der Waals surface area contributed by atoms with E-state index in [9.17, 15) is 4.79 Å². The summed E-state index contributed by atoms with van der Waals surface area (Å²) >= 11 is 0. The maximum absolute atomic E-state index is 12.9. The number of nitrogens with zero attached hydrogens (tertiary/aromatic N) is 2. The average Bonchev–Trinajstić information content (AvgIpc) is 2.61. The monoisotopic (exact) mass is 314 g/mol. The summed E-state index contributed by atoms with van der Waals surface area (Å²) < 4.78 is 0. The number of aryl methyl sites for hydroxylation is 1. The fourth-order valence-corrected chi connectivity index (χ4v) is 4.32. The van der Waals surface area contributed by atoms with Crippen LogP contribution in [-0.4, -0.2) is 41.9 Å². The van der Waals surface area contributed by atoms with Crippen LogP contribution in [0.3, 0.4) is 0 Å². The van der Waals surface area contributed by atoms with Crippen molar-refractivity contribution in [2.75, 3.05) is 20.1 Å². The number of carbonyl (C=O) groups excluding carboxylic acids is 1. The van der Waals surface area contributed by atoms with Gasteiger partial charge in [-0.3, -0.25) is 9.69 Å². The van der Waals surface area contributed by atoms with Crippen molar-refractivity contribution in [1.82, 2.24) is 9.80 Å². The van der Waals surface area contributed by atoms with E-state index in [2.05, 4.69) is 36.1 Å². The number of likely N-dealkylation sites (N-methyl/N-ethyl adjacent to an activating group) is 1. The van der Waals surface area contributed by atoms with Crippen LogP contribution in [0.5, 0.6) is 0 Å². The van der Waals surface area contributed by atoms with Crippen molar-refractivity contribution in [2.24, 2.45) is 0 Å². The van der Waals surface area contributed by atoms with Crippen LogP contribution in [0.15, 0.2) is 24.3 Å². The molecule has 1 fully saturated rings. The van der Waals surface area contributed by atoms with Gasteiger partial charge in [0, 0.05) is 13.1 Å². The van der Waals surface area contributed by atoms with Crippen molar-refractivity contribution in [3.8, 4) is 0 Å². The molecule has 3 rings (SSSR count). The first-order valence-corrected chi connectivity index (χ1v) is 9.28. The number of piperidine rings is 1. The summed E-state index contributed by atoms with van der Waals surface area (Å²) in [4.78, 5) is 17.3. The van der Waals surface area contributed by atoms with Crippen molar-refractivity contribution in [3.05, 3.63) is 35.4 Å². The first-order chi connectivity index (χ1) is 11.2. The Kier molecular flexibility index (Phi) is 5.37. The molecule has 3 nitrogen and oxygen atoms in total. The molecule has 2 atom stereocenters. The molecule has 1 aliphatic heterocycles. The lowest BCUT2D eigenvalue weighted by Gasteiger charge is -2.38. The van der Waals surface area contributed by atoms with Gasteiger partial charge in [0.2, 0.25) is 5.91 Å². The number of benzene rings is 1. The molecule has 3 heteroatoms. The summed E-state index contributed by atoms with van der Waals surface area (Å²) in [5.41, 5.74) is 2.79. The third-order valence-corrected chi connectivity index (χ3v) is 5.76. The quantitative estimate of drug-likeness (QED) is 0.844. The van der Waals surface area contributed by atoms with E-state index in [-0.39, 0.29) is 11.9 Å². The second-order valence-electron chi connectivity index (χ2n) is 7.14. The highest BCUT2D eigenvalue weighted by Crippen LogP contribution is 2.33. The van der Waals surface area contributed by atoms with Crippen LogP contribution in [0.2, 0.25) is 0 Å². The number of carbonyl (C=O) groups is 1. The summed E-state index contributed by atoms with van der Waals surface area (Å²) in [5, 5.41) is 0. The molecule has 1 saturated heterocycles. The smallest absolute Gasteiger partial charge is 0.237 e. The van der Waals surface area contributed by atoms with Crippen molar-refractivity contribution < 1.29 is 4.79 Å². The first kappa shape index (κ1) is 16.5. The number of fused-ring (bicyclic) bond motifs is 1. The predicted octanol–water partition coefficient (Wildman–Crippen LogP) is 3.79. The molecule has 1 heterocycles. The van der Waals surface area contributed by atoms with E-state index in [1.807, 2.05) is 11.9 Å². The van der Waals surface area contributed by atoms with Crippen LogP contribution in [0.25, 0.3) is 0 Å². The SMILES string of the molecule is CCC1CCCCN1CC(=O)N(C)C1CCCc2ccccc21. The van der Waals surface area contributed by atoms with Gasteiger partial charge in [-0.15, -0.1) is 0 Å². The van der Waals surface area contributed by atoms with Gasteiger partial charge in [-0.25, -0.2) is 0 Å². The summed E-state index contributed by atoms with van der Waals surface area (Å²) in [7, 11) is 2.00. The topological polar surface area (TPSA) is 23.6 Å². The van der Waals surface area contributed by atoms with E-state index < -0.39 is 0 Å². The largest absolute Gasteiger partial charge is 0.338 e. The number of hydrogen-bond donors (Lipinski definition) is 0. The molecule has 0 N–H and O–H groups in total. The molecule has 2 aliphatic rings. The fourth-order valence-electron chi connectivity index (χ4n) is 4.32. The molecule has 1 aliphatic carbocycles. The summed E-state index contributed by atoms with van der Waals surface area (Å²) in [5.74, 6) is 0.284. The van der Waals surface area contributed by atoms with Crippen LogP contribution < -0.4 is 0 Å².